The van der Waals surface area contributed by atoms with Gasteiger partial charge >= 0.3 is 0 Å². The van der Waals surface area contributed by atoms with Gasteiger partial charge in [0.1, 0.15) is 11.6 Å². The van der Waals surface area contributed by atoms with Crippen molar-refractivity contribution in [3.05, 3.63) is 191 Å². The number of para-hydroxylation sites is 1. The Morgan fingerprint density at radius 1 is 0.571 bits per heavy atom. The predicted molar refractivity (Wildman–Crippen MR) is 265 cm³/mol. The number of imidazole rings is 1. The number of aromatic nitrogens is 3. The van der Waals surface area contributed by atoms with Crippen LogP contribution >= 0.6 is 0 Å². The molecule has 7 aromatic carbocycles. The number of hydrogen-bond donors (Lipinski definition) is 1. The normalized spacial score (nSPS) is 12.7. The summed E-state index contributed by atoms with van der Waals surface area (Å²) >= 11 is 0. The van der Waals surface area contributed by atoms with E-state index in [9.17, 15) is 5.11 Å². The van der Waals surface area contributed by atoms with Gasteiger partial charge in [0.05, 0.1) is 28.0 Å². The third-order valence-corrected chi connectivity index (χ3v) is 12.2. The van der Waals surface area contributed by atoms with Crippen LogP contribution in [-0.2, 0) is 5.41 Å². The summed E-state index contributed by atoms with van der Waals surface area (Å²) in [5, 5.41) is 11.8. The number of hydrogen-bond acceptors (Lipinski definition) is 3. The van der Waals surface area contributed by atoms with Crippen molar-refractivity contribution in [3.63, 3.8) is 0 Å². The summed E-state index contributed by atoms with van der Waals surface area (Å²) in [7, 11) is 0. The molecule has 0 radical (unpaired) electrons. The Hall–Kier alpha value is -7.04. The molecule has 9 rings (SSSR count). The van der Waals surface area contributed by atoms with Gasteiger partial charge in [0.2, 0.25) is 0 Å². The summed E-state index contributed by atoms with van der Waals surface area (Å²) in [6, 6.07) is 51.9. The van der Waals surface area contributed by atoms with Gasteiger partial charge in [-0.3, -0.25) is 9.55 Å². The van der Waals surface area contributed by atoms with Crippen LogP contribution < -0.4 is 0 Å². The molecule has 0 aliphatic rings. The summed E-state index contributed by atoms with van der Waals surface area (Å²) in [5.41, 5.74) is 17.3. The van der Waals surface area contributed by atoms with E-state index < -0.39 is 6.85 Å². The van der Waals surface area contributed by atoms with Gasteiger partial charge in [-0.2, -0.15) is 0 Å². The lowest BCUT2D eigenvalue weighted by Crippen LogP contribution is -2.12. The minimum atomic E-state index is -2.50. The van der Waals surface area contributed by atoms with Crippen LogP contribution in [0.5, 0.6) is 5.75 Å². The molecule has 0 aliphatic heterocycles. The number of phenols is 1. The van der Waals surface area contributed by atoms with Gasteiger partial charge in [-0.05, 0) is 160 Å². The first-order chi connectivity index (χ1) is 31.4. The zero-order chi connectivity index (χ0) is 46.7. The smallest absolute Gasteiger partial charge is 0.149 e. The average molecular weight is 825 g/mol. The molecule has 0 amide bonds. The second-order valence-corrected chi connectivity index (χ2v) is 18.4. The van der Waals surface area contributed by atoms with Crippen molar-refractivity contribution in [2.24, 2.45) is 0 Å². The molecule has 0 unspecified atom stereocenters. The minimum Gasteiger partial charge on any atom is -0.507 e. The average Bonchev–Trinajstić information content (AvgIpc) is 3.69. The lowest BCUT2D eigenvalue weighted by molar-refractivity contribution is 0.472. The molecule has 0 atom stereocenters. The first kappa shape index (κ1) is 37.7. The number of phenolic OH excluding ortho intramolecular Hbond substituents is 1. The fourth-order valence-corrected chi connectivity index (χ4v) is 8.62. The third kappa shape index (κ3) is 8.10. The van der Waals surface area contributed by atoms with E-state index in [1.165, 1.54) is 16.7 Å². The van der Waals surface area contributed by atoms with Crippen LogP contribution in [0, 0.1) is 27.6 Å². The van der Waals surface area contributed by atoms with E-state index in [1.54, 1.807) is 0 Å². The molecule has 63 heavy (non-hydrogen) atoms. The van der Waals surface area contributed by atoms with Crippen LogP contribution in [0.4, 0.5) is 0 Å². The van der Waals surface area contributed by atoms with Gasteiger partial charge in [0.25, 0.3) is 0 Å². The molecule has 0 saturated carbocycles. The molecule has 0 saturated heterocycles. The molecule has 4 heteroatoms. The first-order valence-corrected chi connectivity index (χ1v) is 21.8. The Labute approximate surface area is 376 Å². The maximum atomic E-state index is 11.8. The largest absolute Gasteiger partial charge is 0.507 e. The topological polar surface area (TPSA) is 50.9 Å². The number of aromatic hydroxyl groups is 1. The van der Waals surface area contributed by atoms with Crippen molar-refractivity contribution in [3.8, 4) is 78.6 Å². The van der Waals surface area contributed by atoms with Crippen LogP contribution in [0.3, 0.4) is 0 Å². The number of benzene rings is 7. The zero-order valence-electron chi connectivity index (χ0n) is 40.4. The van der Waals surface area contributed by atoms with Crippen LogP contribution in [0.2, 0.25) is 0 Å². The number of aryl methyl sites for hydroxylation is 4. The number of nitrogens with zero attached hydrogens (tertiary/aromatic N) is 3. The molecular weight excluding hydrogens is 767 g/mol. The highest BCUT2D eigenvalue weighted by Gasteiger charge is 2.23. The monoisotopic (exact) mass is 824 g/mol. The highest BCUT2D eigenvalue weighted by atomic mass is 16.3. The maximum Gasteiger partial charge on any atom is 0.149 e. The summed E-state index contributed by atoms with van der Waals surface area (Å²) < 4.78 is 29.0. The molecule has 9 aromatic rings. The Kier molecular flexibility index (Phi) is 9.78. The highest BCUT2D eigenvalue weighted by molar-refractivity contribution is 5.98. The lowest BCUT2D eigenvalue weighted by Gasteiger charge is -2.23. The number of rotatable bonds is 8. The van der Waals surface area contributed by atoms with Gasteiger partial charge in [-0.15, -0.1) is 0 Å². The van der Waals surface area contributed by atoms with E-state index in [2.05, 4.69) is 126 Å². The van der Waals surface area contributed by atoms with Gasteiger partial charge in [-0.25, -0.2) is 4.98 Å². The molecule has 2 heterocycles. The van der Waals surface area contributed by atoms with Crippen molar-refractivity contribution < 1.29 is 9.22 Å². The molecule has 4 nitrogen and oxygen atoms in total. The first-order valence-electron chi connectivity index (χ1n) is 23.3. The quantitative estimate of drug-likeness (QED) is 0.166. The Morgan fingerprint density at radius 3 is 2.02 bits per heavy atom. The highest BCUT2D eigenvalue weighted by Crippen LogP contribution is 2.42. The fraction of sp³-hybridized carbons (Fsp3) is 0.186. The van der Waals surface area contributed by atoms with E-state index in [4.69, 9.17) is 14.1 Å². The summed E-state index contributed by atoms with van der Waals surface area (Å²) in [4.78, 5) is 10.3. The number of fused-ring (bicyclic) bond motifs is 1. The van der Waals surface area contributed by atoms with Gasteiger partial charge < -0.3 is 5.11 Å². The van der Waals surface area contributed by atoms with E-state index in [1.807, 2.05) is 91.3 Å². The minimum absolute atomic E-state index is 0.0962. The second-order valence-electron chi connectivity index (χ2n) is 18.4. The van der Waals surface area contributed by atoms with E-state index in [-0.39, 0.29) is 22.6 Å². The standard InChI is InChI=1S/C59H55N3O/c1-36(2)45-29-47(34-50(33-45)59(7,8)9)43-22-23-54(39(5)28-43)62-55-17-13-16-51(56(55)61-58(62)52-27-38(4)26-40(6)57(52)63)48-30-46(41-14-11-10-12-15-41)31-49(32-48)53-35-44(24-25-60-53)42-20-18-37(3)19-21-42/h10-36,63H,1-9H3/i5D3. The molecule has 2 aromatic heterocycles. The summed E-state index contributed by atoms with van der Waals surface area (Å²) in [6.07, 6.45) is 1.86. The third-order valence-electron chi connectivity index (χ3n) is 12.2. The fourth-order valence-electron chi connectivity index (χ4n) is 8.62. The Balaban J connectivity index is 1.30. The Morgan fingerprint density at radius 2 is 1.27 bits per heavy atom. The lowest BCUT2D eigenvalue weighted by atomic mass is 9.82. The summed E-state index contributed by atoms with van der Waals surface area (Å²) in [5.74, 6) is 0.832. The van der Waals surface area contributed by atoms with Crippen molar-refractivity contribution in [1.82, 2.24) is 14.5 Å². The van der Waals surface area contributed by atoms with Gasteiger partial charge in [0, 0.05) is 21.4 Å². The van der Waals surface area contributed by atoms with E-state index in [0.717, 1.165) is 61.3 Å². The van der Waals surface area contributed by atoms with Crippen LogP contribution in [0.25, 0.3) is 83.9 Å². The predicted octanol–water partition coefficient (Wildman–Crippen LogP) is 15.8. The zero-order valence-corrected chi connectivity index (χ0v) is 37.4. The molecule has 312 valence electrons. The van der Waals surface area contributed by atoms with Crippen molar-refractivity contribution in [2.75, 3.05) is 0 Å². The molecule has 0 aliphatic carbocycles. The molecule has 1 N–H and O–H groups in total. The van der Waals surface area contributed by atoms with Gasteiger partial charge in [0.15, 0.2) is 0 Å². The van der Waals surface area contributed by atoms with E-state index in [0.29, 0.717) is 33.7 Å². The molecule has 0 bridgehead atoms. The molecular formula is C59H55N3O. The van der Waals surface area contributed by atoms with Crippen molar-refractivity contribution >= 4 is 11.0 Å². The second kappa shape index (κ2) is 16.3. The van der Waals surface area contributed by atoms with Gasteiger partial charge in [-0.1, -0.05) is 137 Å². The molecule has 0 spiro atoms. The SMILES string of the molecule is [2H]C([2H])([2H])c1cc(-c2cc(C(C)C)cc(C(C)(C)C)c2)ccc1-n1c(-c2cc(C)cc(C)c2O)nc2c(-c3cc(-c4ccccc4)cc(-c4cc(-c5ccc(C)cc5)ccn4)c3)cccc21. The summed E-state index contributed by atoms with van der Waals surface area (Å²) in [6.45, 7) is 14.4. The van der Waals surface area contributed by atoms with E-state index >= 15 is 0 Å². The van der Waals surface area contributed by atoms with Crippen LogP contribution in [0.15, 0.2) is 158 Å². The van der Waals surface area contributed by atoms with Crippen LogP contribution in [0.1, 0.15) is 78.0 Å². The maximum absolute atomic E-state index is 11.8. The molecule has 0 fully saturated rings. The van der Waals surface area contributed by atoms with Crippen LogP contribution in [-0.4, -0.2) is 19.6 Å². The van der Waals surface area contributed by atoms with Crippen molar-refractivity contribution in [1.29, 1.82) is 0 Å². The Bertz CT molecular complexity index is 3280. The number of pyridine rings is 1. The van der Waals surface area contributed by atoms with Crippen molar-refractivity contribution in [2.45, 2.75) is 73.6 Å².